The average Bonchev–Trinajstić information content (AvgIpc) is 3.07. The summed E-state index contributed by atoms with van der Waals surface area (Å²) in [7, 11) is 1.12. The fourth-order valence-corrected chi connectivity index (χ4v) is 4.36. The van der Waals surface area contributed by atoms with E-state index in [-0.39, 0.29) is 25.2 Å². The Hall–Kier alpha value is -2.98. The molecule has 1 heterocycles. The van der Waals surface area contributed by atoms with Gasteiger partial charge in [-0.25, -0.2) is 4.79 Å². The Bertz CT molecular complexity index is 760. The summed E-state index contributed by atoms with van der Waals surface area (Å²) >= 11 is 0. The van der Waals surface area contributed by atoms with Crippen LogP contribution < -0.4 is 11.2 Å². The Morgan fingerprint density at radius 3 is 2.12 bits per heavy atom. The van der Waals surface area contributed by atoms with Crippen LogP contribution in [0.3, 0.4) is 0 Å². The average molecular weight is 453 g/mol. The summed E-state index contributed by atoms with van der Waals surface area (Å²) < 4.78 is 4.87. The topological polar surface area (TPSA) is 156 Å². The molecule has 0 spiro atoms. The van der Waals surface area contributed by atoms with Crippen LogP contribution in [0.5, 0.6) is 0 Å². The number of Topliss-reactive ketones (excluding diaryl/α,β-unsaturated/α-hetero) is 1. The van der Waals surface area contributed by atoms with Gasteiger partial charge in [0.2, 0.25) is 23.5 Å². The van der Waals surface area contributed by atoms with Crippen molar-refractivity contribution in [2.75, 3.05) is 7.11 Å². The Morgan fingerprint density at radius 1 is 1.09 bits per heavy atom. The Kier molecular flexibility index (Phi) is 8.73. The molecule has 1 unspecified atom stereocenters. The fourth-order valence-electron chi connectivity index (χ4n) is 4.36. The second-order valence-corrected chi connectivity index (χ2v) is 8.70. The largest absolute Gasteiger partial charge is 0.453 e. The van der Waals surface area contributed by atoms with Gasteiger partial charge in [0, 0.05) is 12.8 Å². The minimum Gasteiger partial charge on any atom is -0.453 e. The van der Waals surface area contributed by atoms with Gasteiger partial charge in [-0.15, -0.1) is 0 Å². The molecule has 1 saturated heterocycles. The van der Waals surface area contributed by atoms with E-state index in [1.165, 1.54) is 0 Å². The highest BCUT2D eigenvalue weighted by Gasteiger charge is 2.46. The van der Waals surface area contributed by atoms with Crippen molar-refractivity contribution in [1.29, 1.82) is 0 Å². The number of carbonyl (C=O) groups is 6. The van der Waals surface area contributed by atoms with Crippen molar-refractivity contribution in [2.45, 2.75) is 77.3 Å². The van der Waals surface area contributed by atoms with Gasteiger partial charge in [-0.2, -0.15) is 5.01 Å². The van der Waals surface area contributed by atoms with Crippen LogP contribution in [0.25, 0.3) is 0 Å². The fraction of sp³-hybridized carbons (Fsp3) is 0.714. The zero-order chi connectivity index (χ0) is 24.0. The minimum absolute atomic E-state index is 0.0459. The van der Waals surface area contributed by atoms with E-state index >= 15 is 0 Å². The van der Waals surface area contributed by atoms with E-state index in [0.29, 0.717) is 17.9 Å². The second kappa shape index (κ2) is 11.1. The van der Waals surface area contributed by atoms with E-state index < -0.39 is 53.5 Å². The summed E-state index contributed by atoms with van der Waals surface area (Å²) in [5, 5.41) is 0.528. The number of imide groups is 1. The predicted octanol–water partition coefficient (Wildman–Crippen LogP) is 0.653. The second-order valence-electron chi connectivity index (χ2n) is 8.70. The van der Waals surface area contributed by atoms with E-state index in [2.05, 4.69) is 5.43 Å². The maximum Gasteiger partial charge on any atom is 0.410 e. The SMILES string of the molecule is COC(=O)N(C(C(=O)C(=O)NN1C(=O)CCC1=O)C1CCCCC1)[C@@H](CC(C)C)C(N)=O. The number of amides is 5. The molecule has 3 N–H and O–H groups in total. The molecule has 1 saturated carbocycles. The lowest BCUT2D eigenvalue weighted by molar-refractivity contribution is -0.152. The number of nitrogens with zero attached hydrogens (tertiary/aromatic N) is 2. The number of rotatable bonds is 9. The molecule has 1 aliphatic carbocycles. The number of nitrogens with two attached hydrogens (primary N) is 1. The lowest BCUT2D eigenvalue weighted by Crippen LogP contribution is -2.61. The third-order valence-corrected chi connectivity index (χ3v) is 5.90. The lowest BCUT2D eigenvalue weighted by Gasteiger charge is -2.40. The van der Waals surface area contributed by atoms with Crippen LogP contribution in [-0.2, 0) is 28.7 Å². The lowest BCUT2D eigenvalue weighted by atomic mass is 9.80. The molecule has 11 nitrogen and oxygen atoms in total. The number of ether oxygens (including phenoxy) is 1. The molecular formula is C21H32N4O7. The molecule has 5 amide bonds. The molecule has 0 aromatic heterocycles. The van der Waals surface area contributed by atoms with Gasteiger partial charge in [0.1, 0.15) is 12.1 Å². The Labute approximate surface area is 186 Å². The first kappa shape index (κ1) is 25.3. The number of nitrogens with one attached hydrogen (secondary N) is 1. The van der Waals surface area contributed by atoms with Crippen LogP contribution in [0.2, 0.25) is 0 Å². The summed E-state index contributed by atoms with van der Waals surface area (Å²) in [6.45, 7) is 3.67. The van der Waals surface area contributed by atoms with Gasteiger partial charge in [0.25, 0.3) is 0 Å². The molecule has 0 bridgehead atoms. The van der Waals surface area contributed by atoms with Crippen LogP contribution in [-0.4, -0.2) is 64.6 Å². The van der Waals surface area contributed by atoms with Gasteiger partial charge in [0.05, 0.1) is 7.11 Å². The monoisotopic (exact) mass is 452 g/mol. The molecule has 32 heavy (non-hydrogen) atoms. The molecule has 1 aliphatic heterocycles. The van der Waals surface area contributed by atoms with Gasteiger partial charge in [-0.3, -0.25) is 34.3 Å². The van der Waals surface area contributed by atoms with Gasteiger partial charge in [-0.05, 0) is 31.1 Å². The number of methoxy groups -OCH3 is 1. The van der Waals surface area contributed by atoms with Crippen LogP contribution in [0.1, 0.15) is 65.2 Å². The van der Waals surface area contributed by atoms with E-state index in [9.17, 15) is 28.8 Å². The summed E-state index contributed by atoms with van der Waals surface area (Å²) in [5.41, 5.74) is 7.66. The van der Waals surface area contributed by atoms with Crippen LogP contribution in [0.4, 0.5) is 4.79 Å². The van der Waals surface area contributed by atoms with Crippen molar-refractivity contribution in [3.63, 3.8) is 0 Å². The molecular weight excluding hydrogens is 420 g/mol. The Morgan fingerprint density at radius 2 is 1.66 bits per heavy atom. The highest BCUT2D eigenvalue weighted by Crippen LogP contribution is 2.32. The first-order valence-electron chi connectivity index (χ1n) is 10.9. The van der Waals surface area contributed by atoms with Gasteiger partial charge in [0.15, 0.2) is 0 Å². The highest BCUT2D eigenvalue weighted by atomic mass is 16.5. The van der Waals surface area contributed by atoms with Crippen LogP contribution >= 0.6 is 0 Å². The van der Waals surface area contributed by atoms with Gasteiger partial charge >= 0.3 is 12.0 Å². The van der Waals surface area contributed by atoms with Crippen molar-refractivity contribution >= 4 is 35.5 Å². The van der Waals surface area contributed by atoms with Crippen molar-refractivity contribution in [3.05, 3.63) is 0 Å². The highest BCUT2D eigenvalue weighted by molar-refractivity contribution is 6.39. The molecule has 2 fully saturated rings. The maximum absolute atomic E-state index is 13.4. The Balaban J connectivity index is 2.43. The van der Waals surface area contributed by atoms with Crippen molar-refractivity contribution in [2.24, 2.45) is 17.6 Å². The number of primary amides is 1. The first-order chi connectivity index (χ1) is 15.1. The predicted molar refractivity (Wildman–Crippen MR) is 111 cm³/mol. The third kappa shape index (κ3) is 5.83. The summed E-state index contributed by atoms with van der Waals surface area (Å²) in [6.07, 6.45) is 2.75. The van der Waals surface area contributed by atoms with Gasteiger partial charge < -0.3 is 10.5 Å². The quantitative estimate of drug-likeness (QED) is 0.384. The van der Waals surface area contributed by atoms with Crippen molar-refractivity contribution in [3.8, 4) is 0 Å². The smallest absolute Gasteiger partial charge is 0.410 e. The van der Waals surface area contributed by atoms with E-state index in [1.54, 1.807) is 0 Å². The first-order valence-corrected chi connectivity index (χ1v) is 10.9. The normalized spacial score (nSPS) is 18.9. The standard InChI is InChI=1S/C21H32N4O7/c1-12(2)11-14(19(22)29)24(21(31)32-3)17(13-7-5-4-6-8-13)18(28)20(30)23-25-15(26)9-10-16(25)27/h12-14,17H,4-11H2,1-3H3,(H2,22,29)(H,23,30)/t14-,17?/m0/s1. The maximum atomic E-state index is 13.4. The van der Waals surface area contributed by atoms with E-state index in [1.807, 2.05) is 13.8 Å². The number of hydrazine groups is 1. The zero-order valence-electron chi connectivity index (χ0n) is 18.8. The molecule has 0 aromatic carbocycles. The van der Waals surface area contributed by atoms with Crippen LogP contribution in [0.15, 0.2) is 0 Å². The summed E-state index contributed by atoms with van der Waals surface area (Å²) in [6, 6.07) is -2.48. The van der Waals surface area contributed by atoms with Crippen molar-refractivity contribution < 1.29 is 33.5 Å². The number of carbonyl (C=O) groups excluding carboxylic acids is 6. The third-order valence-electron chi connectivity index (χ3n) is 5.90. The molecule has 0 aromatic rings. The summed E-state index contributed by atoms with van der Waals surface area (Å²) in [4.78, 5) is 75.9. The minimum atomic E-state index is -1.31. The van der Waals surface area contributed by atoms with Crippen LogP contribution in [0, 0.1) is 11.8 Å². The molecule has 0 radical (unpaired) electrons. The van der Waals surface area contributed by atoms with Crippen molar-refractivity contribution in [1.82, 2.24) is 15.3 Å². The summed E-state index contributed by atoms with van der Waals surface area (Å²) in [5.74, 6) is -4.73. The molecule has 2 rings (SSSR count). The molecule has 11 heteroatoms. The number of ketones is 1. The number of hydrogen-bond acceptors (Lipinski definition) is 7. The molecule has 2 atom stereocenters. The molecule has 2 aliphatic rings. The van der Waals surface area contributed by atoms with E-state index in [4.69, 9.17) is 10.5 Å². The number of hydrogen-bond donors (Lipinski definition) is 2. The zero-order valence-corrected chi connectivity index (χ0v) is 18.8. The van der Waals surface area contributed by atoms with Gasteiger partial charge in [-0.1, -0.05) is 33.1 Å². The molecule has 178 valence electrons. The van der Waals surface area contributed by atoms with E-state index in [0.717, 1.165) is 31.3 Å².